The van der Waals surface area contributed by atoms with E-state index in [1.54, 1.807) is 10.7 Å². The standard InChI is InChI=1S/C25H26N6O2/c26-12-20-23(17-7-5-16(6-8-17)9-10-33-15-32)30-25-21(14-29-31(25)24(20)27)19-11-18-3-1-2-4-22(18)28-13-19/h1-4,11,13-14,16-17,32H,5-10,15,27H2. The Hall–Kier alpha value is -3.54. The second-order valence-corrected chi connectivity index (χ2v) is 8.62. The van der Waals surface area contributed by atoms with E-state index in [9.17, 15) is 5.26 Å². The summed E-state index contributed by atoms with van der Waals surface area (Å²) in [4.78, 5) is 9.54. The lowest BCUT2D eigenvalue weighted by atomic mass is 9.78. The fourth-order valence-electron chi connectivity index (χ4n) is 4.90. The van der Waals surface area contributed by atoms with Gasteiger partial charge in [0.1, 0.15) is 24.2 Å². The molecule has 8 nitrogen and oxygen atoms in total. The average molecular weight is 443 g/mol. The second kappa shape index (κ2) is 9.14. The Labute approximate surface area is 191 Å². The maximum absolute atomic E-state index is 9.87. The molecule has 0 amide bonds. The molecule has 0 atom stereocenters. The van der Waals surface area contributed by atoms with Crippen molar-refractivity contribution in [2.24, 2.45) is 5.92 Å². The van der Waals surface area contributed by atoms with E-state index in [0.717, 1.165) is 59.8 Å². The number of rotatable bonds is 6. The molecule has 3 heterocycles. The molecule has 1 aliphatic carbocycles. The summed E-state index contributed by atoms with van der Waals surface area (Å²) in [7, 11) is 0. The first-order valence-corrected chi connectivity index (χ1v) is 11.3. The van der Waals surface area contributed by atoms with Crippen molar-refractivity contribution in [2.45, 2.75) is 38.0 Å². The van der Waals surface area contributed by atoms with Gasteiger partial charge in [0.05, 0.1) is 17.4 Å². The van der Waals surface area contributed by atoms with Gasteiger partial charge in [0.15, 0.2) is 5.65 Å². The van der Waals surface area contributed by atoms with E-state index in [1.807, 2.05) is 30.5 Å². The molecular weight excluding hydrogens is 416 g/mol. The maximum Gasteiger partial charge on any atom is 0.165 e. The molecule has 1 aliphatic rings. The highest BCUT2D eigenvalue weighted by Gasteiger charge is 2.28. The van der Waals surface area contributed by atoms with Gasteiger partial charge >= 0.3 is 0 Å². The monoisotopic (exact) mass is 442 g/mol. The van der Waals surface area contributed by atoms with Gasteiger partial charge in [-0.1, -0.05) is 18.2 Å². The summed E-state index contributed by atoms with van der Waals surface area (Å²) in [5.41, 5.74) is 10.9. The first-order chi connectivity index (χ1) is 16.2. The predicted molar refractivity (Wildman–Crippen MR) is 125 cm³/mol. The Balaban J connectivity index is 1.50. The first-order valence-electron chi connectivity index (χ1n) is 11.3. The Kier molecular flexibility index (Phi) is 5.90. The highest BCUT2D eigenvalue weighted by Crippen LogP contribution is 2.39. The SMILES string of the molecule is N#Cc1c(C2CCC(CCOCO)CC2)nc2c(-c3cnc4ccccc4c3)cnn2c1N. The quantitative estimate of drug-likeness (QED) is 0.341. The van der Waals surface area contributed by atoms with Crippen molar-refractivity contribution in [1.29, 1.82) is 5.26 Å². The molecule has 3 N–H and O–H groups in total. The van der Waals surface area contributed by atoms with Gasteiger partial charge in [-0.15, -0.1) is 0 Å². The van der Waals surface area contributed by atoms with Crippen LogP contribution in [0.5, 0.6) is 0 Å². The molecule has 0 aliphatic heterocycles. The molecule has 0 bridgehead atoms. The number of hydrogen-bond acceptors (Lipinski definition) is 7. The molecule has 5 rings (SSSR count). The lowest BCUT2D eigenvalue weighted by Crippen LogP contribution is -2.18. The highest BCUT2D eigenvalue weighted by molar-refractivity contribution is 5.87. The van der Waals surface area contributed by atoms with E-state index in [2.05, 4.69) is 22.2 Å². The molecule has 1 aromatic carbocycles. The summed E-state index contributed by atoms with van der Waals surface area (Å²) in [6, 6.07) is 12.3. The maximum atomic E-state index is 9.87. The highest BCUT2D eigenvalue weighted by atomic mass is 16.6. The Morgan fingerprint density at radius 3 is 2.79 bits per heavy atom. The fraction of sp³-hybridized carbons (Fsp3) is 0.360. The van der Waals surface area contributed by atoms with Gasteiger partial charge in [0.25, 0.3) is 0 Å². The van der Waals surface area contributed by atoms with Crippen LogP contribution in [0.3, 0.4) is 0 Å². The minimum absolute atomic E-state index is 0.180. The molecule has 0 saturated heterocycles. The van der Waals surface area contributed by atoms with E-state index in [4.69, 9.17) is 20.6 Å². The van der Waals surface area contributed by atoms with Gasteiger partial charge in [0, 0.05) is 35.2 Å². The number of aliphatic hydroxyl groups excluding tert-OH is 1. The number of benzene rings is 1. The number of nitrogen functional groups attached to an aromatic ring is 1. The molecule has 0 unspecified atom stereocenters. The van der Waals surface area contributed by atoms with Crippen LogP contribution >= 0.6 is 0 Å². The van der Waals surface area contributed by atoms with Crippen LogP contribution < -0.4 is 5.73 Å². The zero-order chi connectivity index (χ0) is 22.8. The van der Waals surface area contributed by atoms with Crippen LogP contribution in [0.15, 0.2) is 42.7 Å². The number of nitrogens with zero attached hydrogens (tertiary/aromatic N) is 5. The zero-order valence-corrected chi connectivity index (χ0v) is 18.3. The summed E-state index contributed by atoms with van der Waals surface area (Å²) in [5, 5.41) is 24.2. The number of para-hydroxylation sites is 1. The Bertz CT molecular complexity index is 1330. The van der Waals surface area contributed by atoms with Crippen molar-refractivity contribution in [3.8, 4) is 17.2 Å². The molecule has 3 aromatic heterocycles. The number of pyridine rings is 1. The van der Waals surface area contributed by atoms with E-state index in [1.165, 1.54) is 0 Å². The fourth-order valence-corrected chi connectivity index (χ4v) is 4.90. The molecule has 1 saturated carbocycles. The minimum Gasteiger partial charge on any atom is -0.382 e. The lowest BCUT2D eigenvalue weighted by Gasteiger charge is -2.28. The van der Waals surface area contributed by atoms with Crippen molar-refractivity contribution in [3.05, 3.63) is 54.0 Å². The van der Waals surface area contributed by atoms with Gasteiger partial charge in [-0.3, -0.25) is 4.98 Å². The molecular formula is C25H26N6O2. The molecule has 168 valence electrons. The average Bonchev–Trinajstić information content (AvgIpc) is 3.29. The van der Waals surface area contributed by atoms with Gasteiger partial charge in [-0.25, -0.2) is 4.98 Å². The van der Waals surface area contributed by atoms with Gasteiger partial charge in [-0.2, -0.15) is 14.9 Å². The van der Waals surface area contributed by atoms with Crippen LogP contribution in [0.4, 0.5) is 5.82 Å². The van der Waals surface area contributed by atoms with Crippen LogP contribution in [0.25, 0.3) is 27.7 Å². The van der Waals surface area contributed by atoms with Crippen molar-refractivity contribution in [2.75, 3.05) is 19.1 Å². The van der Waals surface area contributed by atoms with Crippen molar-refractivity contribution >= 4 is 22.4 Å². The third-order valence-electron chi connectivity index (χ3n) is 6.72. The van der Waals surface area contributed by atoms with Crippen molar-refractivity contribution < 1.29 is 9.84 Å². The predicted octanol–water partition coefficient (Wildman–Crippen LogP) is 4.03. The number of nitrogens with two attached hydrogens (primary N) is 1. The summed E-state index contributed by atoms with van der Waals surface area (Å²) >= 11 is 0. The smallest absolute Gasteiger partial charge is 0.165 e. The Morgan fingerprint density at radius 1 is 1.18 bits per heavy atom. The summed E-state index contributed by atoms with van der Waals surface area (Å²) in [6.45, 7) is 0.343. The van der Waals surface area contributed by atoms with E-state index in [0.29, 0.717) is 29.6 Å². The lowest BCUT2D eigenvalue weighted by molar-refractivity contribution is -0.00827. The van der Waals surface area contributed by atoms with E-state index < -0.39 is 0 Å². The van der Waals surface area contributed by atoms with Crippen LogP contribution in [-0.4, -0.2) is 38.1 Å². The number of aromatic nitrogens is 4. The summed E-state index contributed by atoms with van der Waals surface area (Å²) in [5.74, 6) is 1.07. The largest absolute Gasteiger partial charge is 0.382 e. The summed E-state index contributed by atoms with van der Waals surface area (Å²) < 4.78 is 6.65. The number of aliphatic hydroxyl groups is 1. The number of anilines is 1. The molecule has 0 radical (unpaired) electrons. The van der Waals surface area contributed by atoms with Gasteiger partial charge < -0.3 is 15.6 Å². The third kappa shape index (κ3) is 4.01. The van der Waals surface area contributed by atoms with Crippen molar-refractivity contribution in [3.63, 3.8) is 0 Å². The van der Waals surface area contributed by atoms with E-state index >= 15 is 0 Å². The number of ether oxygens (including phenoxy) is 1. The van der Waals surface area contributed by atoms with Gasteiger partial charge in [0.2, 0.25) is 0 Å². The molecule has 8 heteroatoms. The van der Waals surface area contributed by atoms with Crippen LogP contribution in [0.1, 0.15) is 49.3 Å². The van der Waals surface area contributed by atoms with E-state index in [-0.39, 0.29) is 12.7 Å². The van der Waals surface area contributed by atoms with Crippen LogP contribution in [-0.2, 0) is 4.74 Å². The minimum atomic E-state index is -0.232. The van der Waals surface area contributed by atoms with Crippen LogP contribution in [0.2, 0.25) is 0 Å². The van der Waals surface area contributed by atoms with Crippen molar-refractivity contribution in [1.82, 2.24) is 19.6 Å². The normalized spacial score (nSPS) is 18.5. The zero-order valence-electron chi connectivity index (χ0n) is 18.3. The topological polar surface area (TPSA) is 122 Å². The molecule has 1 fully saturated rings. The molecule has 33 heavy (non-hydrogen) atoms. The molecule has 4 aromatic rings. The number of nitriles is 1. The third-order valence-corrected chi connectivity index (χ3v) is 6.72. The Morgan fingerprint density at radius 2 is 2.00 bits per heavy atom. The van der Waals surface area contributed by atoms with Gasteiger partial charge in [-0.05, 0) is 50.2 Å². The molecule has 0 spiro atoms. The van der Waals surface area contributed by atoms with Crippen LogP contribution in [0, 0.1) is 17.2 Å². The number of hydrogen-bond donors (Lipinski definition) is 2. The first kappa shape index (κ1) is 21.3. The second-order valence-electron chi connectivity index (χ2n) is 8.62. The number of fused-ring (bicyclic) bond motifs is 2. The summed E-state index contributed by atoms with van der Waals surface area (Å²) in [6.07, 6.45) is 8.48.